The number of carbonyl (C=O) groups excluding carboxylic acids is 1. The monoisotopic (exact) mass is 484 g/mol. The van der Waals surface area contributed by atoms with Crippen molar-refractivity contribution < 1.29 is 22.7 Å². The highest BCUT2D eigenvalue weighted by molar-refractivity contribution is 6.41. The third-order valence-corrected chi connectivity index (χ3v) is 7.28. The molecule has 1 saturated carbocycles. The number of aliphatic imine (C=N–C) groups is 3. The second kappa shape index (κ2) is 9.53. The normalized spacial score (nSPS) is 25.8. The van der Waals surface area contributed by atoms with Crippen LogP contribution in [-0.2, 0) is 15.7 Å². The summed E-state index contributed by atoms with van der Waals surface area (Å²) in [5, 5.41) is 0. The van der Waals surface area contributed by atoms with Crippen LogP contribution in [-0.4, -0.2) is 62.0 Å². The number of benzene rings is 1. The van der Waals surface area contributed by atoms with Gasteiger partial charge in [0.15, 0.2) is 5.84 Å². The first-order valence-electron chi connectivity index (χ1n) is 11.8. The number of carbonyl (C=O) groups is 1. The summed E-state index contributed by atoms with van der Waals surface area (Å²) in [6.45, 7) is 1.97. The Morgan fingerprint density at radius 2 is 1.89 bits per heavy atom. The van der Waals surface area contributed by atoms with Crippen molar-refractivity contribution in [1.82, 2.24) is 4.90 Å². The van der Waals surface area contributed by atoms with Crippen LogP contribution in [0.5, 0.6) is 0 Å². The van der Waals surface area contributed by atoms with Gasteiger partial charge in [0.05, 0.1) is 18.7 Å². The van der Waals surface area contributed by atoms with E-state index in [1.807, 2.05) is 12.2 Å². The largest absolute Gasteiger partial charge is 0.416 e. The van der Waals surface area contributed by atoms with Gasteiger partial charge in [-0.25, -0.2) is 9.98 Å². The SMILES string of the molecule is COCCC1=CC=C2CN=C(C(=O)N3C[C@H]4CC(c5ccccc5C(F)(F)F)C[C@H]4C3)N=C2N=C1. The molecule has 1 aromatic carbocycles. The van der Waals surface area contributed by atoms with Crippen LogP contribution >= 0.6 is 0 Å². The summed E-state index contributed by atoms with van der Waals surface area (Å²) in [4.78, 5) is 28.2. The van der Waals surface area contributed by atoms with Crippen molar-refractivity contribution in [3.05, 3.63) is 58.7 Å². The summed E-state index contributed by atoms with van der Waals surface area (Å²) in [6, 6.07) is 5.86. The van der Waals surface area contributed by atoms with Crippen LogP contribution in [0, 0.1) is 11.8 Å². The van der Waals surface area contributed by atoms with E-state index in [0.29, 0.717) is 50.5 Å². The molecule has 1 saturated heterocycles. The Morgan fingerprint density at radius 3 is 2.60 bits per heavy atom. The van der Waals surface area contributed by atoms with E-state index in [1.165, 1.54) is 6.07 Å². The Kier molecular flexibility index (Phi) is 6.44. The minimum absolute atomic E-state index is 0.139. The van der Waals surface area contributed by atoms with Gasteiger partial charge < -0.3 is 9.64 Å². The molecule has 0 aromatic heterocycles. The van der Waals surface area contributed by atoms with Gasteiger partial charge in [0.1, 0.15) is 0 Å². The highest BCUT2D eigenvalue weighted by Gasteiger charge is 2.45. The van der Waals surface area contributed by atoms with Gasteiger partial charge in [-0.1, -0.05) is 30.4 Å². The molecule has 1 amide bonds. The number of nitrogens with zero attached hydrogens (tertiary/aromatic N) is 4. The van der Waals surface area contributed by atoms with Crippen molar-refractivity contribution in [2.75, 3.05) is 33.4 Å². The van der Waals surface area contributed by atoms with Gasteiger partial charge in [-0.2, -0.15) is 13.2 Å². The number of hydrogen-bond acceptors (Lipinski definition) is 5. The fraction of sp³-hybridized carbons (Fsp3) is 0.462. The smallest absolute Gasteiger partial charge is 0.384 e. The lowest BCUT2D eigenvalue weighted by Gasteiger charge is -2.22. The van der Waals surface area contributed by atoms with E-state index in [1.54, 1.807) is 30.4 Å². The predicted octanol–water partition coefficient (Wildman–Crippen LogP) is 4.44. The zero-order valence-corrected chi connectivity index (χ0v) is 19.5. The van der Waals surface area contributed by atoms with Gasteiger partial charge in [-0.3, -0.25) is 9.79 Å². The Labute approximate surface area is 202 Å². The molecule has 0 N–H and O–H groups in total. The van der Waals surface area contributed by atoms with Crippen LogP contribution in [0.1, 0.15) is 36.3 Å². The van der Waals surface area contributed by atoms with E-state index in [4.69, 9.17) is 4.74 Å². The Hall–Kier alpha value is -3.07. The molecule has 4 aliphatic rings. The van der Waals surface area contributed by atoms with Crippen LogP contribution in [0.2, 0.25) is 0 Å². The number of ether oxygens (including phenoxy) is 1. The van der Waals surface area contributed by atoms with Crippen LogP contribution in [0.4, 0.5) is 13.2 Å². The van der Waals surface area contributed by atoms with Gasteiger partial charge in [-0.05, 0) is 54.2 Å². The number of rotatable bonds is 5. The van der Waals surface area contributed by atoms with Crippen molar-refractivity contribution in [2.24, 2.45) is 26.8 Å². The molecule has 184 valence electrons. The van der Waals surface area contributed by atoms with Crippen LogP contribution in [0.3, 0.4) is 0 Å². The zero-order valence-electron chi connectivity index (χ0n) is 19.5. The molecule has 1 unspecified atom stereocenters. The maximum Gasteiger partial charge on any atom is 0.416 e. The van der Waals surface area contributed by atoms with Crippen LogP contribution in [0.25, 0.3) is 0 Å². The first-order chi connectivity index (χ1) is 16.8. The number of amides is 1. The summed E-state index contributed by atoms with van der Waals surface area (Å²) >= 11 is 0. The third-order valence-electron chi connectivity index (χ3n) is 7.28. The number of alkyl halides is 3. The molecule has 5 rings (SSSR count). The Bertz CT molecular complexity index is 1150. The topological polar surface area (TPSA) is 66.6 Å². The van der Waals surface area contributed by atoms with E-state index in [9.17, 15) is 18.0 Å². The molecule has 0 spiro atoms. The minimum atomic E-state index is -4.36. The van der Waals surface area contributed by atoms with Gasteiger partial charge in [0, 0.05) is 32.0 Å². The van der Waals surface area contributed by atoms with Crippen molar-refractivity contribution in [2.45, 2.75) is 31.4 Å². The lowest BCUT2D eigenvalue weighted by molar-refractivity contribution is -0.138. The number of methoxy groups -OCH3 is 1. The number of fused-ring (bicyclic) bond motifs is 2. The molecule has 3 aliphatic heterocycles. The highest BCUT2D eigenvalue weighted by Crippen LogP contribution is 2.48. The van der Waals surface area contributed by atoms with Crippen molar-refractivity contribution >= 4 is 23.8 Å². The Morgan fingerprint density at radius 1 is 1.14 bits per heavy atom. The first-order valence-corrected chi connectivity index (χ1v) is 11.8. The van der Waals surface area contributed by atoms with Crippen molar-refractivity contribution in [3.8, 4) is 0 Å². The maximum atomic E-state index is 13.5. The number of likely N-dealkylation sites (tertiary alicyclic amines) is 1. The van der Waals surface area contributed by atoms with Gasteiger partial charge in [0.2, 0.25) is 5.84 Å². The zero-order chi connectivity index (χ0) is 24.6. The van der Waals surface area contributed by atoms with Gasteiger partial charge >= 0.3 is 6.18 Å². The van der Waals surface area contributed by atoms with Crippen molar-refractivity contribution in [1.29, 1.82) is 0 Å². The fourth-order valence-electron chi connectivity index (χ4n) is 5.53. The standard InChI is InChI=1S/C26H27F3N4O2/c1-35-9-8-16-6-7-17-13-31-24(32-23(17)30-12-16)25(34)33-14-19-10-18(11-20(19)15-33)21-4-2-3-5-22(21)26(27,28)29/h2-7,12,18-20H,8-11,13-15H2,1H3/t18?,19-,20+. The quantitative estimate of drug-likeness (QED) is 0.620. The molecule has 3 atom stereocenters. The average Bonchev–Trinajstić information content (AvgIpc) is 3.35. The number of allylic oxidation sites excluding steroid dienone is 2. The predicted molar refractivity (Wildman–Crippen MR) is 128 cm³/mol. The molecule has 0 bridgehead atoms. The summed E-state index contributed by atoms with van der Waals surface area (Å²) < 4.78 is 45.6. The van der Waals surface area contributed by atoms with E-state index in [0.717, 1.165) is 23.6 Å². The lowest BCUT2D eigenvalue weighted by Crippen LogP contribution is -2.36. The summed E-state index contributed by atoms with van der Waals surface area (Å²) in [6.07, 6.45) is 3.31. The Balaban J connectivity index is 1.24. The number of hydrogen-bond donors (Lipinski definition) is 0. The van der Waals surface area contributed by atoms with Crippen LogP contribution < -0.4 is 0 Å². The lowest BCUT2D eigenvalue weighted by atomic mass is 9.91. The van der Waals surface area contributed by atoms with Gasteiger partial charge in [0.25, 0.3) is 5.91 Å². The van der Waals surface area contributed by atoms with E-state index >= 15 is 0 Å². The molecular weight excluding hydrogens is 457 g/mol. The number of halogens is 3. The fourth-order valence-corrected chi connectivity index (χ4v) is 5.53. The summed E-state index contributed by atoms with van der Waals surface area (Å²) in [5.74, 6) is 0.635. The second-order valence-corrected chi connectivity index (χ2v) is 9.49. The molecule has 0 radical (unpaired) electrons. The van der Waals surface area contributed by atoms with Crippen molar-refractivity contribution in [3.63, 3.8) is 0 Å². The average molecular weight is 485 g/mol. The molecule has 3 heterocycles. The van der Waals surface area contributed by atoms with E-state index in [2.05, 4.69) is 15.0 Å². The molecule has 1 aliphatic carbocycles. The molecule has 35 heavy (non-hydrogen) atoms. The molecule has 2 fully saturated rings. The summed E-state index contributed by atoms with van der Waals surface area (Å²) in [5.41, 5.74) is 1.70. The molecule has 6 nitrogen and oxygen atoms in total. The molecule has 1 aromatic rings. The maximum absolute atomic E-state index is 13.5. The minimum Gasteiger partial charge on any atom is -0.384 e. The first kappa shape index (κ1) is 23.7. The molecular formula is C26H27F3N4O2. The second-order valence-electron chi connectivity index (χ2n) is 9.49. The number of amidine groups is 2. The third kappa shape index (κ3) is 4.87. The molecule has 9 heteroatoms. The van der Waals surface area contributed by atoms with Crippen LogP contribution in [0.15, 0.2) is 62.5 Å². The van der Waals surface area contributed by atoms with E-state index < -0.39 is 11.7 Å². The van der Waals surface area contributed by atoms with E-state index in [-0.39, 0.29) is 29.5 Å². The van der Waals surface area contributed by atoms with Gasteiger partial charge in [-0.15, -0.1) is 0 Å². The highest BCUT2D eigenvalue weighted by atomic mass is 19.4. The summed E-state index contributed by atoms with van der Waals surface area (Å²) in [7, 11) is 1.65.